The first-order valence-corrected chi connectivity index (χ1v) is 6.87. The van der Waals surface area contributed by atoms with Crippen LogP contribution >= 0.6 is 38.9 Å². The Labute approximate surface area is 117 Å². The molecule has 88 valence electrons. The molecule has 0 aliphatic heterocycles. The second-order valence-electron chi connectivity index (χ2n) is 3.58. The van der Waals surface area contributed by atoms with E-state index in [9.17, 15) is 4.79 Å². The van der Waals surface area contributed by atoms with Crippen molar-refractivity contribution in [3.63, 3.8) is 0 Å². The number of rotatable bonds is 3. The molecular formula is C12H9BrClNOS. The van der Waals surface area contributed by atoms with Gasteiger partial charge < -0.3 is 5.73 Å². The van der Waals surface area contributed by atoms with Crippen LogP contribution in [0, 0.1) is 0 Å². The van der Waals surface area contributed by atoms with Gasteiger partial charge in [-0.2, -0.15) is 0 Å². The van der Waals surface area contributed by atoms with Gasteiger partial charge in [-0.25, -0.2) is 0 Å². The summed E-state index contributed by atoms with van der Waals surface area (Å²) in [5, 5.41) is 0.487. The van der Waals surface area contributed by atoms with Crippen molar-refractivity contribution in [2.75, 3.05) is 5.73 Å². The number of carbonyl (C=O) groups excluding carboxylic acids is 1. The summed E-state index contributed by atoms with van der Waals surface area (Å²) < 4.78 is 1.02. The summed E-state index contributed by atoms with van der Waals surface area (Å²) in [6.45, 7) is 0. The first-order chi connectivity index (χ1) is 8.04. The number of nitrogens with two attached hydrogens (primary N) is 1. The van der Waals surface area contributed by atoms with Crippen LogP contribution in [0.3, 0.4) is 0 Å². The van der Waals surface area contributed by atoms with Gasteiger partial charge in [0.1, 0.15) is 0 Å². The third-order valence-electron chi connectivity index (χ3n) is 2.21. The summed E-state index contributed by atoms with van der Waals surface area (Å²) in [4.78, 5) is 13.0. The molecular weight excluding hydrogens is 322 g/mol. The smallest absolute Gasteiger partial charge is 0.168 e. The van der Waals surface area contributed by atoms with Crippen LogP contribution in [0.1, 0.15) is 15.2 Å². The van der Waals surface area contributed by atoms with Gasteiger partial charge in [-0.1, -0.05) is 11.6 Å². The predicted octanol–water partition coefficient (Wildman–Crippen LogP) is 4.17. The number of anilines is 1. The molecule has 0 radical (unpaired) electrons. The van der Waals surface area contributed by atoms with Gasteiger partial charge in [0.2, 0.25) is 0 Å². The van der Waals surface area contributed by atoms with Crippen molar-refractivity contribution in [2.24, 2.45) is 0 Å². The molecule has 17 heavy (non-hydrogen) atoms. The molecule has 0 saturated carbocycles. The van der Waals surface area contributed by atoms with Gasteiger partial charge in [0.15, 0.2) is 5.78 Å². The number of benzene rings is 1. The third kappa shape index (κ3) is 3.31. The fourth-order valence-electron chi connectivity index (χ4n) is 1.48. The van der Waals surface area contributed by atoms with Gasteiger partial charge in [-0.15, -0.1) is 11.3 Å². The summed E-state index contributed by atoms with van der Waals surface area (Å²) in [6, 6.07) is 8.78. The Balaban J connectivity index is 2.19. The van der Waals surface area contributed by atoms with E-state index in [0.29, 0.717) is 22.7 Å². The van der Waals surface area contributed by atoms with Gasteiger partial charge in [-0.3, -0.25) is 4.79 Å². The highest BCUT2D eigenvalue weighted by atomic mass is 79.9. The zero-order valence-corrected chi connectivity index (χ0v) is 11.9. The van der Waals surface area contributed by atoms with E-state index in [-0.39, 0.29) is 5.78 Å². The third-order valence-corrected chi connectivity index (χ3v) is 4.05. The van der Waals surface area contributed by atoms with Crippen molar-refractivity contribution in [1.82, 2.24) is 0 Å². The quantitative estimate of drug-likeness (QED) is 0.678. The lowest BCUT2D eigenvalue weighted by atomic mass is 10.1. The van der Waals surface area contributed by atoms with E-state index in [1.54, 1.807) is 29.5 Å². The average Bonchev–Trinajstić information content (AvgIpc) is 2.62. The van der Waals surface area contributed by atoms with E-state index in [1.807, 2.05) is 12.1 Å². The van der Waals surface area contributed by atoms with E-state index in [2.05, 4.69) is 15.9 Å². The molecule has 0 spiro atoms. The van der Waals surface area contributed by atoms with E-state index in [1.165, 1.54) is 0 Å². The maximum Gasteiger partial charge on any atom is 0.168 e. The fraction of sp³-hybridized carbons (Fsp3) is 0.0833. The summed E-state index contributed by atoms with van der Waals surface area (Å²) in [5.41, 5.74) is 6.72. The van der Waals surface area contributed by atoms with Crippen molar-refractivity contribution in [1.29, 1.82) is 0 Å². The Bertz CT molecular complexity index is 547. The maximum atomic E-state index is 12.0. The molecule has 2 nitrogen and oxygen atoms in total. The van der Waals surface area contributed by atoms with E-state index in [4.69, 9.17) is 17.3 Å². The molecule has 0 bridgehead atoms. The van der Waals surface area contributed by atoms with Gasteiger partial charge >= 0.3 is 0 Å². The molecule has 2 rings (SSSR count). The fourth-order valence-corrected chi connectivity index (χ4v) is 3.21. The van der Waals surface area contributed by atoms with Crippen molar-refractivity contribution in [3.8, 4) is 0 Å². The number of hydrogen-bond acceptors (Lipinski definition) is 3. The molecule has 2 N–H and O–H groups in total. The summed E-state index contributed by atoms with van der Waals surface area (Å²) in [7, 11) is 0. The van der Waals surface area contributed by atoms with Gasteiger partial charge in [0.25, 0.3) is 0 Å². The SMILES string of the molecule is Nc1cc(Cl)cc(C(=O)Cc2ccc(Br)s2)c1. The molecule has 0 saturated heterocycles. The predicted molar refractivity (Wildman–Crippen MR) is 75.9 cm³/mol. The monoisotopic (exact) mass is 329 g/mol. The number of nitrogen functional groups attached to an aromatic ring is 1. The van der Waals surface area contributed by atoms with Gasteiger partial charge in [0.05, 0.1) is 3.79 Å². The molecule has 0 atom stereocenters. The lowest BCUT2D eigenvalue weighted by Gasteiger charge is -2.02. The number of thiophene rings is 1. The van der Waals surface area contributed by atoms with Crippen LogP contribution in [-0.4, -0.2) is 5.78 Å². The van der Waals surface area contributed by atoms with Gasteiger partial charge in [-0.05, 0) is 46.3 Å². The van der Waals surface area contributed by atoms with Crippen LogP contribution in [0.25, 0.3) is 0 Å². The highest BCUT2D eigenvalue weighted by Crippen LogP contribution is 2.24. The Morgan fingerprint density at radius 2 is 2.12 bits per heavy atom. The second-order valence-corrected chi connectivity index (χ2v) is 6.56. The molecule has 5 heteroatoms. The Morgan fingerprint density at radius 3 is 2.71 bits per heavy atom. The summed E-state index contributed by atoms with van der Waals surface area (Å²) in [5.74, 6) is 0.0218. The number of hydrogen-bond donors (Lipinski definition) is 1. The van der Waals surface area contributed by atoms with Crippen LogP contribution in [0.15, 0.2) is 34.1 Å². The minimum absolute atomic E-state index is 0.0218. The number of ketones is 1. The molecule has 1 aromatic heterocycles. The average molecular weight is 331 g/mol. The number of carbonyl (C=O) groups is 1. The first kappa shape index (κ1) is 12.6. The summed E-state index contributed by atoms with van der Waals surface area (Å²) >= 11 is 10.8. The van der Waals surface area contributed by atoms with E-state index >= 15 is 0 Å². The molecule has 1 aromatic carbocycles. The van der Waals surface area contributed by atoms with Crippen LogP contribution in [0.4, 0.5) is 5.69 Å². The number of Topliss-reactive ketones (excluding diaryl/α,β-unsaturated/α-hetero) is 1. The maximum absolute atomic E-state index is 12.0. The van der Waals surface area contributed by atoms with Crippen molar-refractivity contribution >= 4 is 50.3 Å². The normalized spacial score (nSPS) is 10.5. The zero-order chi connectivity index (χ0) is 12.4. The highest BCUT2D eigenvalue weighted by molar-refractivity contribution is 9.11. The molecule has 0 amide bonds. The Kier molecular flexibility index (Phi) is 3.86. The highest BCUT2D eigenvalue weighted by Gasteiger charge is 2.10. The zero-order valence-electron chi connectivity index (χ0n) is 8.74. The topological polar surface area (TPSA) is 43.1 Å². The van der Waals surface area contributed by atoms with Crippen LogP contribution in [0.2, 0.25) is 5.02 Å². The lowest BCUT2D eigenvalue weighted by molar-refractivity contribution is 0.0994. The Hall–Kier alpha value is -0.840. The summed E-state index contributed by atoms with van der Waals surface area (Å²) in [6.07, 6.45) is 0.371. The van der Waals surface area contributed by atoms with Gasteiger partial charge in [0, 0.05) is 27.6 Å². The number of halogens is 2. The molecule has 0 unspecified atom stereocenters. The minimum Gasteiger partial charge on any atom is -0.399 e. The van der Waals surface area contributed by atoms with E-state index in [0.717, 1.165) is 8.66 Å². The minimum atomic E-state index is 0.0218. The van der Waals surface area contributed by atoms with Crippen LogP contribution < -0.4 is 5.73 Å². The Morgan fingerprint density at radius 1 is 1.35 bits per heavy atom. The standard InChI is InChI=1S/C12H9BrClNOS/c13-12-2-1-10(17-12)6-11(16)7-3-8(14)5-9(15)4-7/h1-5H,6,15H2. The van der Waals surface area contributed by atoms with Crippen molar-refractivity contribution in [3.05, 3.63) is 49.6 Å². The van der Waals surface area contributed by atoms with Crippen molar-refractivity contribution < 1.29 is 4.79 Å². The molecule has 0 aliphatic carbocycles. The molecule has 0 aliphatic rings. The van der Waals surface area contributed by atoms with Crippen LogP contribution in [-0.2, 0) is 6.42 Å². The van der Waals surface area contributed by atoms with Crippen molar-refractivity contribution in [2.45, 2.75) is 6.42 Å². The van der Waals surface area contributed by atoms with E-state index < -0.39 is 0 Å². The lowest BCUT2D eigenvalue weighted by Crippen LogP contribution is -2.03. The molecule has 2 aromatic rings. The molecule has 0 fully saturated rings. The first-order valence-electron chi connectivity index (χ1n) is 4.88. The molecule has 1 heterocycles. The largest absolute Gasteiger partial charge is 0.399 e. The second kappa shape index (κ2) is 5.21. The van der Waals surface area contributed by atoms with Crippen LogP contribution in [0.5, 0.6) is 0 Å².